The van der Waals surface area contributed by atoms with Gasteiger partial charge in [-0.25, -0.2) is 0 Å². The van der Waals surface area contributed by atoms with Crippen LogP contribution in [0.5, 0.6) is 0 Å². The highest BCUT2D eigenvalue weighted by molar-refractivity contribution is 6.30. The van der Waals surface area contributed by atoms with E-state index in [9.17, 15) is 9.59 Å². The quantitative estimate of drug-likeness (QED) is 0.922. The minimum absolute atomic E-state index is 0.0239. The number of fused-ring (bicyclic) bond motifs is 1. The Hall–Kier alpha value is -2.33. The average molecular weight is 343 g/mol. The highest BCUT2D eigenvalue weighted by atomic mass is 35.5. The van der Waals surface area contributed by atoms with Gasteiger partial charge in [0.15, 0.2) is 0 Å². The number of carbonyl (C=O) groups excluding carboxylic acids is 2. The fourth-order valence-electron chi connectivity index (χ4n) is 2.84. The molecule has 124 valence electrons. The average Bonchev–Trinajstić information content (AvgIpc) is 2.61. The third-order valence-electron chi connectivity index (χ3n) is 4.18. The molecule has 0 saturated heterocycles. The molecule has 0 unspecified atom stereocenters. The Labute approximate surface area is 146 Å². The first-order chi connectivity index (χ1) is 11.6. The van der Waals surface area contributed by atoms with Crippen LogP contribution in [0.3, 0.4) is 0 Å². The van der Waals surface area contributed by atoms with Gasteiger partial charge in [0, 0.05) is 36.6 Å². The van der Waals surface area contributed by atoms with Crippen molar-refractivity contribution in [3.05, 3.63) is 64.7 Å². The van der Waals surface area contributed by atoms with E-state index in [2.05, 4.69) is 17.4 Å². The number of carbonyl (C=O) groups is 2. The van der Waals surface area contributed by atoms with Crippen molar-refractivity contribution in [2.75, 3.05) is 11.9 Å². The Kier molecular flexibility index (Phi) is 5.16. The number of hydrogen-bond donors (Lipinski definition) is 1. The Balaban J connectivity index is 1.49. The van der Waals surface area contributed by atoms with E-state index >= 15 is 0 Å². The Morgan fingerprint density at radius 1 is 1.00 bits per heavy atom. The Morgan fingerprint density at radius 3 is 2.46 bits per heavy atom. The van der Waals surface area contributed by atoms with Crippen molar-refractivity contribution in [1.29, 1.82) is 0 Å². The summed E-state index contributed by atoms with van der Waals surface area (Å²) in [6.07, 6.45) is 1.28. The van der Waals surface area contributed by atoms with E-state index < -0.39 is 0 Å². The van der Waals surface area contributed by atoms with Gasteiger partial charge in [0.1, 0.15) is 0 Å². The van der Waals surface area contributed by atoms with Crippen molar-refractivity contribution in [3.8, 4) is 0 Å². The predicted octanol–water partition coefficient (Wildman–Crippen LogP) is 3.64. The lowest BCUT2D eigenvalue weighted by atomic mass is 9.99. The molecule has 1 aliphatic heterocycles. The summed E-state index contributed by atoms with van der Waals surface area (Å²) in [5.41, 5.74) is 3.19. The molecule has 0 spiro atoms. The van der Waals surface area contributed by atoms with Gasteiger partial charge in [-0.2, -0.15) is 0 Å². The number of hydrogen-bond acceptors (Lipinski definition) is 2. The number of nitrogens with zero attached hydrogens (tertiary/aromatic N) is 1. The van der Waals surface area contributed by atoms with E-state index in [0.717, 1.165) is 6.42 Å². The molecule has 0 saturated carbocycles. The summed E-state index contributed by atoms with van der Waals surface area (Å²) in [5.74, 6) is -0.140. The third kappa shape index (κ3) is 4.15. The van der Waals surface area contributed by atoms with E-state index in [0.29, 0.717) is 23.8 Å². The maximum atomic E-state index is 12.3. The molecule has 1 N–H and O–H groups in total. The number of benzene rings is 2. The van der Waals surface area contributed by atoms with E-state index in [-0.39, 0.29) is 24.7 Å². The summed E-state index contributed by atoms with van der Waals surface area (Å²) in [5, 5.41) is 3.39. The molecule has 1 aliphatic rings. The van der Waals surface area contributed by atoms with Gasteiger partial charge in [-0.05, 0) is 41.8 Å². The molecule has 24 heavy (non-hydrogen) atoms. The predicted molar refractivity (Wildman–Crippen MR) is 94.9 cm³/mol. The molecule has 3 rings (SSSR count). The molecule has 4 nitrogen and oxygen atoms in total. The van der Waals surface area contributed by atoms with Gasteiger partial charge in [0.2, 0.25) is 11.8 Å². The minimum Gasteiger partial charge on any atom is -0.338 e. The van der Waals surface area contributed by atoms with Gasteiger partial charge in [0.05, 0.1) is 0 Å². The van der Waals surface area contributed by atoms with Crippen LogP contribution in [0, 0.1) is 0 Å². The number of amides is 2. The maximum absolute atomic E-state index is 12.3. The lowest BCUT2D eigenvalue weighted by Gasteiger charge is -2.28. The molecule has 2 aromatic rings. The second-order valence-corrected chi connectivity index (χ2v) is 6.33. The van der Waals surface area contributed by atoms with Crippen molar-refractivity contribution in [3.63, 3.8) is 0 Å². The minimum atomic E-state index is -0.164. The zero-order chi connectivity index (χ0) is 16.9. The Bertz CT molecular complexity index is 743. The third-order valence-corrected chi connectivity index (χ3v) is 4.43. The molecule has 0 aliphatic carbocycles. The summed E-state index contributed by atoms with van der Waals surface area (Å²) >= 11 is 5.81. The Morgan fingerprint density at radius 2 is 1.71 bits per heavy atom. The van der Waals surface area contributed by atoms with Crippen molar-refractivity contribution in [2.45, 2.75) is 25.8 Å². The molecule has 0 aromatic heterocycles. The number of halogens is 1. The van der Waals surface area contributed by atoms with Crippen LogP contribution in [0.1, 0.15) is 24.0 Å². The second kappa shape index (κ2) is 7.49. The summed E-state index contributed by atoms with van der Waals surface area (Å²) in [4.78, 5) is 26.1. The molecule has 0 fully saturated rings. The SMILES string of the molecule is O=C(CCC(=O)N1CCc2ccccc2C1)Nc1ccc(Cl)cc1. The smallest absolute Gasteiger partial charge is 0.224 e. The topological polar surface area (TPSA) is 49.4 Å². The maximum Gasteiger partial charge on any atom is 0.224 e. The number of rotatable bonds is 4. The van der Waals surface area contributed by atoms with Gasteiger partial charge in [-0.1, -0.05) is 35.9 Å². The molecule has 0 radical (unpaired) electrons. The molecular weight excluding hydrogens is 324 g/mol. The van der Waals surface area contributed by atoms with Gasteiger partial charge in [-0.15, -0.1) is 0 Å². The lowest BCUT2D eigenvalue weighted by Crippen LogP contribution is -2.36. The number of nitrogens with one attached hydrogen (secondary N) is 1. The van der Waals surface area contributed by atoms with Crippen molar-refractivity contribution in [2.24, 2.45) is 0 Å². The standard InChI is InChI=1S/C19H19ClN2O2/c20-16-5-7-17(8-6-16)21-18(23)9-10-19(24)22-12-11-14-3-1-2-4-15(14)13-22/h1-8H,9-13H2,(H,21,23). The van der Waals surface area contributed by atoms with Crippen LogP contribution in [-0.4, -0.2) is 23.3 Å². The van der Waals surface area contributed by atoms with Crippen LogP contribution in [-0.2, 0) is 22.6 Å². The van der Waals surface area contributed by atoms with E-state index in [4.69, 9.17) is 11.6 Å². The van der Waals surface area contributed by atoms with Crippen molar-refractivity contribution >= 4 is 29.1 Å². The van der Waals surface area contributed by atoms with Crippen LogP contribution < -0.4 is 5.32 Å². The van der Waals surface area contributed by atoms with Crippen LogP contribution >= 0.6 is 11.6 Å². The lowest BCUT2D eigenvalue weighted by molar-refractivity contribution is -0.133. The normalized spacial score (nSPS) is 13.3. The summed E-state index contributed by atoms with van der Waals surface area (Å²) < 4.78 is 0. The van der Waals surface area contributed by atoms with Crippen LogP contribution in [0.25, 0.3) is 0 Å². The first kappa shape index (κ1) is 16.5. The summed E-state index contributed by atoms with van der Waals surface area (Å²) in [6, 6.07) is 15.1. The second-order valence-electron chi connectivity index (χ2n) is 5.89. The summed E-state index contributed by atoms with van der Waals surface area (Å²) in [6.45, 7) is 1.35. The zero-order valence-electron chi connectivity index (χ0n) is 13.3. The van der Waals surface area contributed by atoms with Crippen molar-refractivity contribution in [1.82, 2.24) is 4.90 Å². The fourth-order valence-corrected chi connectivity index (χ4v) is 2.97. The zero-order valence-corrected chi connectivity index (χ0v) is 14.1. The highest BCUT2D eigenvalue weighted by Crippen LogP contribution is 2.19. The fraction of sp³-hybridized carbons (Fsp3) is 0.263. The highest BCUT2D eigenvalue weighted by Gasteiger charge is 2.20. The van der Waals surface area contributed by atoms with Crippen molar-refractivity contribution < 1.29 is 9.59 Å². The van der Waals surface area contributed by atoms with E-state index in [1.807, 2.05) is 17.0 Å². The van der Waals surface area contributed by atoms with Gasteiger partial charge in [-0.3, -0.25) is 9.59 Å². The number of anilines is 1. The largest absolute Gasteiger partial charge is 0.338 e. The first-order valence-electron chi connectivity index (χ1n) is 8.02. The van der Waals surface area contributed by atoms with Gasteiger partial charge >= 0.3 is 0 Å². The van der Waals surface area contributed by atoms with Crippen LogP contribution in [0.4, 0.5) is 5.69 Å². The molecule has 2 amide bonds. The first-order valence-corrected chi connectivity index (χ1v) is 8.39. The molecular formula is C19H19ClN2O2. The monoisotopic (exact) mass is 342 g/mol. The molecule has 1 heterocycles. The molecule has 5 heteroatoms. The van der Waals surface area contributed by atoms with E-state index in [1.165, 1.54) is 11.1 Å². The van der Waals surface area contributed by atoms with Gasteiger partial charge < -0.3 is 10.2 Å². The van der Waals surface area contributed by atoms with Crippen LogP contribution in [0.15, 0.2) is 48.5 Å². The van der Waals surface area contributed by atoms with Gasteiger partial charge in [0.25, 0.3) is 0 Å². The van der Waals surface area contributed by atoms with Crippen LogP contribution in [0.2, 0.25) is 5.02 Å². The molecule has 0 bridgehead atoms. The van der Waals surface area contributed by atoms with E-state index in [1.54, 1.807) is 24.3 Å². The summed E-state index contributed by atoms with van der Waals surface area (Å²) in [7, 11) is 0. The molecule has 0 atom stereocenters. The molecule has 2 aromatic carbocycles.